The van der Waals surface area contributed by atoms with E-state index in [0.717, 1.165) is 37.6 Å². The average Bonchev–Trinajstić information content (AvgIpc) is 3.16. The number of rotatable bonds is 5. The van der Waals surface area contributed by atoms with E-state index in [-0.39, 0.29) is 5.91 Å². The van der Waals surface area contributed by atoms with E-state index in [1.807, 2.05) is 23.9 Å². The molecule has 118 valence electrons. The predicted molar refractivity (Wildman–Crippen MR) is 84.8 cm³/mol. The second-order valence-electron chi connectivity index (χ2n) is 5.54. The summed E-state index contributed by atoms with van der Waals surface area (Å²) >= 11 is 1.43. The first kappa shape index (κ1) is 15.1. The zero-order valence-electron chi connectivity index (χ0n) is 12.8. The zero-order chi connectivity index (χ0) is 15.5. The van der Waals surface area contributed by atoms with Gasteiger partial charge in [-0.1, -0.05) is 0 Å². The maximum absolute atomic E-state index is 12.1. The third kappa shape index (κ3) is 3.50. The van der Waals surface area contributed by atoms with E-state index >= 15 is 0 Å². The van der Waals surface area contributed by atoms with Crippen molar-refractivity contribution in [3.63, 3.8) is 0 Å². The van der Waals surface area contributed by atoms with E-state index in [9.17, 15) is 4.79 Å². The van der Waals surface area contributed by atoms with E-state index in [0.29, 0.717) is 17.7 Å². The molecule has 22 heavy (non-hydrogen) atoms. The number of likely N-dealkylation sites (tertiary alicyclic amines) is 1. The monoisotopic (exact) mass is 320 g/mol. The Kier molecular flexibility index (Phi) is 4.49. The van der Waals surface area contributed by atoms with Gasteiger partial charge in [0, 0.05) is 17.6 Å². The van der Waals surface area contributed by atoms with Crippen LogP contribution in [0.5, 0.6) is 0 Å². The van der Waals surface area contributed by atoms with Gasteiger partial charge in [-0.15, -0.1) is 11.3 Å². The zero-order valence-corrected chi connectivity index (χ0v) is 13.6. The molecule has 1 fully saturated rings. The van der Waals surface area contributed by atoms with Crippen molar-refractivity contribution >= 4 is 22.4 Å². The van der Waals surface area contributed by atoms with Crippen LogP contribution < -0.4 is 5.32 Å². The van der Waals surface area contributed by atoms with Crippen molar-refractivity contribution in [1.29, 1.82) is 0 Å². The summed E-state index contributed by atoms with van der Waals surface area (Å²) in [5.41, 5.74) is 0. The lowest BCUT2D eigenvalue weighted by molar-refractivity contribution is -0.117. The molecule has 2 aromatic heterocycles. The van der Waals surface area contributed by atoms with Gasteiger partial charge in [0.1, 0.15) is 11.6 Å². The fourth-order valence-corrected chi connectivity index (χ4v) is 3.42. The van der Waals surface area contributed by atoms with Gasteiger partial charge in [0.2, 0.25) is 5.91 Å². The number of aromatic nitrogens is 4. The molecular weight excluding hydrogens is 300 g/mol. The Morgan fingerprint density at radius 3 is 3.05 bits per heavy atom. The van der Waals surface area contributed by atoms with Crippen LogP contribution in [0.2, 0.25) is 0 Å². The van der Waals surface area contributed by atoms with E-state index in [2.05, 4.69) is 25.3 Å². The van der Waals surface area contributed by atoms with Crippen LogP contribution in [-0.2, 0) is 11.3 Å². The number of hydrogen-bond acceptors (Lipinski definition) is 6. The summed E-state index contributed by atoms with van der Waals surface area (Å²) < 4.78 is 1.94. The van der Waals surface area contributed by atoms with Crippen LogP contribution in [-0.4, -0.2) is 49.7 Å². The fourth-order valence-electron chi connectivity index (χ4n) is 2.87. The molecule has 0 aliphatic carbocycles. The number of hydrogen-bond donors (Lipinski definition) is 1. The Bertz CT molecular complexity index is 638. The molecular formula is C14H20N6OS. The van der Waals surface area contributed by atoms with Gasteiger partial charge < -0.3 is 5.32 Å². The molecule has 0 bridgehead atoms. The Morgan fingerprint density at radius 2 is 2.36 bits per heavy atom. The van der Waals surface area contributed by atoms with Crippen LogP contribution >= 0.6 is 11.3 Å². The molecule has 1 amide bonds. The summed E-state index contributed by atoms with van der Waals surface area (Å²) in [5.74, 6) is 1.72. The minimum Gasteiger partial charge on any atom is -0.301 e. The highest BCUT2D eigenvalue weighted by Gasteiger charge is 2.27. The van der Waals surface area contributed by atoms with Crippen molar-refractivity contribution in [2.75, 3.05) is 18.4 Å². The summed E-state index contributed by atoms with van der Waals surface area (Å²) in [6.45, 7) is 6.00. The molecule has 0 aromatic carbocycles. The number of anilines is 1. The lowest BCUT2D eigenvalue weighted by Gasteiger charge is -2.23. The van der Waals surface area contributed by atoms with Crippen molar-refractivity contribution in [2.45, 2.75) is 39.3 Å². The Hall–Kier alpha value is -1.80. The normalized spacial score (nSPS) is 18.7. The SMILES string of the molecule is Cc1nc(C)n(CC2CCCN2CC(=O)Nc2nccs2)n1. The largest absolute Gasteiger partial charge is 0.301 e. The molecule has 1 atom stereocenters. The molecule has 1 saturated heterocycles. The van der Waals surface area contributed by atoms with Gasteiger partial charge in [-0.2, -0.15) is 5.10 Å². The molecule has 8 heteroatoms. The number of nitrogens with zero attached hydrogens (tertiary/aromatic N) is 5. The van der Waals surface area contributed by atoms with Crippen LogP contribution in [0.1, 0.15) is 24.5 Å². The first-order valence-electron chi connectivity index (χ1n) is 7.43. The smallest absolute Gasteiger partial charge is 0.240 e. The Labute approximate surface area is 133 Å². The molecule has 3 heterocycles. The van der Waals surface area contributed by atoms with Gasteiger partial charge in [-0.05, 0) is 33.2 Å². The van der Waals surface area contributed by atoms with E-state index in [1.165, 1.54) is 11.3 Å². The van der Waals surface area contributed by atoms with Crippen molar-refractivity contribution < 1.29 is 4.79 Å². The highest BCUT2D eigenvalue weighted by molar-refractivity contribution is 7.13. The minimum absolute atomic E-state index is 0.00616. The van der Waals surface area contributed by atoms with E-state index in [4.69, 9.17) is 0 Å². The molecule has 7 nitrogen and oxygen atoms in total. The van der Waals surface area contributed by atoms with E-state index < -0.39 is 0 Å². The maximum atomic E-state index is 12.1. The second kappa shape index (κ2) is 6.53. The van der Waals surface area contributed by atoms with Crippen molar-refractivity contribution in [3.8, 4) is 0 Å². The number of thiazole rings is 1. The van der Waals surface area contributed by atoms with Crippen LogP contribution in [0.25, 0.3) is 0 Å². The molecule has 0 saturated carbocycles. The molecule has 3 rings (SSSR count). The third-order valence-electron chi connectivity index (χ3n) is 3.87. The number of carbonyl (C=O) groups is 1. The van der Waals surface area contributed by atoms with Crippen LogP contribution in [0, 0.1) is 13.8 Å². The van der Waals surface area contributed by atoms with Gasteiger partial charge >= 0.3 is 0 Å². The predicted octanol–water partition coefficient (Wildman–Crippen LogP) is 1.45. The Morgan fingerprint density at radius 1 is 1.50 bits per heavy atom. The number of amides is 1. The van der Waals surface area contributed by atoms with Crippen molar-refractivity contribution in [1.82, 2.24) is 24.6 Å². The van der Waals surface area contributed by atoms with Gasteiger partial charge in [0.05, 0.1) is 13.1 Å². The molecule has 2 aromatic rings. The molecule has 1 aliphatic rings. The quantitative estimate of drug-likeness (QED) is 0.902. The summed E-state index contributed by atoms with van der Waals surface area (Å²) in [5, 5.41) is 9.77. The molecule has 0 spiro atoms. The standard InChI is InChI=1S/C14H20N6OS/c1-10-16-11(2)20(18-10)8-12-4-3-6-19(12)9-13(21)17-14-15-5-7-22-14/h5,7,12H,3-4,6,8-9H2,1-2H3,(H,15,17,21). The summed E-state index contributed by atoms with van der Waals surface area (Å²) in [6, 6.07) is 0.335. The summed E-state index contributed by atoms with van der Waals surface area (Å²) in [4.78, 5) is 22.7. The lowest BCUT2D eigenvalue weighted by Crippen LogP contribution is -2.39. The van der Waals surface area contributed by atoms with Crippen molar-refractivity contribution in [2.24, 2.45) is 0 Å². The topological polar surface area (TPSA) is 75.9 Å². The lowest BCUT2D eigenvalue weighted by atomic mass is 10.2. The average molecular weight is 320 g/mol. The van der Waals surface area contributed by atoms with Gasteiger partial charge in [-0.3, -0.25) is 9.69 Å². The molecule has 1 unspecified atom stereocenters. The minimum atomic E-state index is -0.00616. The molecule has 1 N–H and O–H groups in total. The van der Waals surface area contributed by atoms with Crippen molar-refractivity contribution in [3.05, 3.63) is 23.2 Å². The second-order valence-corrected chi connectivity index (χ2v) is 6.43. The number of carbonyl (C=O) groups excluding carboxylic acids is 1. The maximum Gasteiger partial charge on any atom is 0.240 e. The fraction of sp³-hybridized carbons (Fsp3) is 0.571. The summed E-state index contributed by atoms with van der Waals surface area (Å²) in [6.07, 6.45) is 3.89. The van der Waals surface area contributed by atoms with Crippen LogP contribution in [0.15, 0.2) is 11.6 Å². The van der Waals surface area contributed by atoms with Gasteiger partial charge in [0.15, 0.2) is 5.13 Å². The van der Waals surface area contributed by atoms with Crippen LogP contribution in [0.3, 0.4) is 0 Å². The van der Waals surface area contributed by atoms with Gasteiger partial charge in [0.25, 0.3) is 0 Å². The highest BCUT2D eigenvalue weighted by atomic mass is 32.1. The highest BCUT2D eigenvalue weighted by Crippen LogP contribution is 2.19. The third-order valence-corrected chi connectivity index (χ3v) is 4.56. The first-order chi connectivity index (χ1) is 10.6. The van der Waals surface area contributed by atoms with E-state index in [1.54, 1.807) is 6.20 Å². The number of nitrogens with one attached hydrogen (secondary N) is 1. The summed E-state index contributed by atoms with van der Waals surface area (Å²) in [7, 11) is 0. The Balaban J connectivity index is 1.58. The van der Waals surface area contributed by atoms with Gasteiger partial charge in [-0.25, -0.2) is 14.6 Å². The first-order valence-corrected chi connectivity index (χ1v) is 8.31. The van der Waals surface area contributed by atoms with Crippen LogP contribution in [0.4, 0.5) is 5.13 Å². The molecule has 1 aliphatic heterocycles. The number of aryl methyl sites for hydroxylation is 2. The molecule has 0 radical (unpaired) electrons.